The first-order valence-corrected chi connectivity index (χ1v) is 6.57. The Morgan fingerprint density at radius 1 is 1.69 bits per heavy atom. The van der Waals surface area contributed by atoms with E-state index in [0.29, 0.717) is 6.54 Å². The molecule has 16 heavy (non-hydrogen) atoms. The van der Waals surface area contributed by atoms with Crippen molar-refractivity contribution >= 4 is 33.2 Å². The Labute approximate surface area is 107 Å². The Balaban J connectivity index is 2.02. The molecule has 0 bridgehead atoms. The molecule has 1 aromatic heterocycles. The minimum absolute atomic E-state index is 0.262. The molecule has 0 spiro atoms. The van der Waals surface area contributed by atoms with Gasteiger partial charge in [0.25, 0.3) is 0 Å². The van der Waals surface area contributed by atoms with Crippen molar-refractivity contribution in [3.05, 3.63) is 32.4 Å². The van der Waals surface area contributed by atoms with Crippen LogP contribution < -0.4 is 0 Å². The molecule has 0 radical (unpaired) electrons. The fourth-order valence-electron chi connectivity index (χ4n) is 1.83. The van der Waals surface area contributed by atoms with E-state index in [9.17, 15) is 4.79 Å². The number of fused-ring (bicyclic) bond motifs is 1. The zero-order chi connectivity index (χ0) is 11.7. The SMILES string of the molecule is C=C(CN1CCc2sc(Br)cc2C1)C(=O)O. The topological polar surface area (TPSA) is 40.5 Å². The summed E-state index contributed by atoms with van der Waals surface area (Å²) >= 11 is 5.24. The number of rotatable bonds is 3. The zero-order valence-corrected chi connectivity index (χ0v) is 11.1. The van der Waals surface area contributed by atoms with E-state index in [1.807, 2.05) is 0 Å². The molecule has 1 N–H and O–H groups in total. The van der Waals surface area contributed by atoms with Crippen LogP contribution in [0.5, 0.6) is 0 Å². The third-order valence-electron chi connectivity index (χ3n) is 2.63. The number of halogens is 1. The van der Waals surface area contributed by atoms with Crippen LogP contribution >= 0.6 is 27.3 Å². The molecule has 1 aliphatic rings. The van der Waals surface area contributed by atoms with Crippen molar-refractivity contribution < 1.29 is 9.90 Å². The molecule has 5 heteroatoms. The summed E-state index contributed by atoms with van der Waals surface area (Å²) in [5, 5.41) is 8.78. The van der Waals surface area contributed by atoms with Gasteiger partial charge >= 0.3 is 5.97 Å². The Kier molecular flexibility index (Phi) is 3.47. The Hall–Kier alpha value is -0.650. The van der Waals surface area contributed by atoms with Crippen LogP contribution in [0.1, 0.15) is 10.4 Å². The van der Waals surface area contributed by atoms with Gasteiger partial charge in [-0.05, 0) is 34.0 Å². The smallest absolute Gasteiger partial charge is 0.332 e. The third kappa shape index (κ3) is 2.53. The lowest BCUT2D eigenvalue weighted by molar-refractivity contribution is -0.132. The van der Waals surface area contributed by atoms with Crippen LogP contribution in [0, 0.1) is 0 Å². The van der Waals surface area contributed by atoms with Crippen molar-refractivity contribution in [3.63, 3.8) is 0 Å². The molecular formula is C11H12BrNO2S. The summed E-state index contributed by atoms with van der Waals surface area (Å²) in [6.45, 7) is 5.74. The van der Waals surface area contributed by atoms with Crippen molar-refractivity contribution in [2.24, 2.45) is 0 Å². The first-order chi connectivity index (χ1) is 7.56. The van der Waals surface area contributed by atoms with Gasteiger partial charge in [-0.1, -0.05) is 6.58 Å². The zero-order valence-electron chi connectivity index (χ0n) is 8.70. The lowest BCUT2D eigenvalue weighted by Gasteiger charge is -2.26. The van der Waals surface area contributed by atoms with E-state index in [0.717, 1.165) is 23.3 Å². The summed E-state index contributed by atoms with van der Waals surface area (Å²) in [6, 6.07) is 2.12. The summed E-state index contributed by atoms with van der Waals surface area (Å²) in [5.41, 5.74) is 1.57. The average molecular weight is 302 g/mol. The monoisotopic (exact) mass is 301 g/mol. The summed E-state index contributed by atoms with van der Waals surface area (Å²) in [6.07, 6.45) is 0.999. The quantitative estimate of drug-likeness (QED) is 0.872. The lowest BCUT2D eigenvalue weighted by Crippen LogP contribution is -2.32. The summed E-state index contributed by atoms with van der Waals surface area (Å²) in [7, 11) is 0. The molecule has 0 aromatic carbocycles. The normalized spacial score (nSPS) is 15.8. The van der Waals surface area contributed by atoms with Crippen molar-refractivity contribution in [2.45, 2.75) is 13.0 Å². The molecule has 2 rings (SSSR count). The number of carbonyl (C=O) groups is 1. The highest BCUT2D eigenvalue weighted by atomic mass is 79.9. The van der Waals surface area contributed by atoms with Crippen LogP contribution in [0.4, 0.5) is 0 Å². The average Bonchev–Trinajstić information content (AvgIpc) is 2.57. The lowest BCUT2D eigenvalue weighted by atomic mass is 10.1. The third-order valence-corrected chi connectivity index (χ3v) is 4.37. The summed E-state index contributed by atoms with van der Waals surface area (Å²) in [4.78, 5) is 14.2. The van der Waals surface area contributed by atoms with Crippen LogP contribution in [0.2, 0.25) is 0 Å². The van der Waals surface area contributed by atoms with E-state index in [-0.39, 0.29) is 5.57 Å². The number of nitrogens with zero attached hydrogens (tertiary/aromatic N) is 1. The van der Waals surface area contributed by atoms with E-state index in [1.54, 1.807) is 11.3 Å². The first kappa shape index (κ1) is 11.8. The van der Waals surface area contributed by atoms with Gasteiger partial charge in [0.2, 0.25) is 0 Å². The highest BCUT2D eigenvalue weighted by molar-refractivity contribution is 9.11. The number of carboxylic acid groups (broad SMARTS) is 1. The van der Waals surface area contributed by atoms with E-state index in [4.69, 9.17) is 5.11 Å². The van der Waals surface area contributed by atoms with Gasteiger partial charge in [-0.2, -0.15) is 0 Å². The molecular weight excluding hydrogens is 290 g/mol. The maximum absolute atomic E-state index is 10.7. The highest BCUT2D eigenvalue weighted by Gasteiger charge is 2.20. The minimum Gasteiger partial charge on any atom is -0.478 e. The van der Waals surface area contributed by atoms with Gasteiger partial charge in [-0.3, -0.25) is 4.90 Å². The van der Waals surface area contributed by atoms with Gasteiger partial charge in [0.05, 0.1) is 3.79 Å². The second-order valence-corrected chi connectivity index (χ2v) is 6.38. The van der Waals surface area contributed by atoms with E-state index in [1.165, 1.54) is 10.4 Å². The fraction of sp³-hybridized carbons (Fsp3) is 0.364. The van der Waals surface area contributed by atoms with Gasteiger partial charge in [0.1, 0.15) is 0 Å². The molecule has 0 saturated heterocycles. The van der Waals surface area contributed by atoms with Crippen LogP contribution in [-0.2, 0) is 17.8 Å². The molecule has 2 heterocycles. The fourth-order valence-corrected chi connectivity index (χ4v) is 3.57. The summed E-state index contributed by atoms with van der Waals surface area (Å²) < 4.78 is 1.15. The predicted molar refractivity (Wildman–Crippen MR) is 67.8 cm³/mol. The Morgan fingerprint density at radius 3 is 3.12 bits per heavy atom. The molecule has 0 atom stereocenters. The number of aliphatic carboxylic acids is 1. The van der Waals surface area contributed by atoms with Gasteiger partial charge in [-0.15, -0.1) is 11.3 Å². The van der Waals surface area contributed by atoms with Gasteiger partial charge < -0.3 is 5.11 Å². The van der Waals surface area contributed by atoms with E-state index < -0.39 is 5.97 Å². The van der Waals surface area contributed by atoms with Crippen LogP contribution in [0.3, 0.4) is 0 Å². The van der Waals surface area contributed by atoms with Crippen LogP contribution in [-0.4, -0.2) is 29.1 Å². The first-order valence-electron chi connectivity index (χ1n) is 4.97. The number of hydrogen-bond acceptors (Lipinski definition) is 3. The Morgan fingerprint density at radius 2 is 2.44 bits per heavy atom. The van der Waals surface area contributed by atoms with Gasteiger partial charge in [0.15, 0.2) is 0 Å². The highest BCUT2D eigenvalue weighted by Crippen LogP contribution is 2.31. The van der Waals surface area contributed by atoms with Crippen LogP contribution in [0.15, 0.2) is 22.0 Å². The molecule has 3 nitrogen and oxygen atoms in total. The molecule has 1 aromatic rings. The van der Waals surface area contributed by atoms with Gasteiger partial charge in [-0.25, -0.2) is 4.79 Å². The molecule has 86 valence electrons. The molecule has 0 unspecified atom stereocenters. The molecule has 1 aliphatic heterocycles. The summed E-state index contributed by atoms with van der Waals surface area (Å²) in [5.74, 6) is -0.905. The molecule has 0 saturated carbocycles. The number of carboxylic acids is 1. The van der Waals surface area contributed by atoms with Crippen molar-refractivity contribution in [3.8, 4) is 0 Å². The molecule has 0 aliphatic carbocycles. The minimum atomic E-state index is -0.905. The van der Waals surface area contributed by atoms with Crippen molar-refractivity contribution in [2.75, 3.05) is 13.1 Å². The number of thiophene rings is 1. The van der Waals surface area contributed by atoms with Crippen molar-refractivity contribution in [1.82, 2.24) is 4.90 Å². The van der Waals surface area contributed by atoms with E-state index in [2.05, 4.69) is 33.5 Å². The standard InChI is InChI=1S/C11H12BrNO2S/c1-7(11(14)15)5-13-3-2-9-8(6-13)4-10(12)16-9/h4H,1-3,5-6H2,(H,14,15). The predicted octanol–water partition coefficient (Wildman–Crippen LogP) is 2.51. The van der Waals surface area contributed by atoms with Crippen molar-refractivity contribution in [1.29, 1.82) is 0 Å². The maximum Gasteiger partial charge on any atom is 0.332 e. The maximum atomic E-state index is 10.7. The van der Waals surface area contributed by atoms with Crippen LogP contribution in [0.25, 0.3) is 0 Å². The largest absolute Gasteiger partial charge is 0.478 e. The second kappa shape index (κ2) is 4.69. The molecule has 0 fully saturated rings. The number of hydrogen-bond donors (Lipinski definition) is 1. The van der Waals surface area contributed by atoms with E-state index >= 15 is 0 Å². The van der Waals surface area contributed by atoms with Gasteiger partial charge in [0, 0.05) is 30.1 Å². The Bertz CT molecular complexity index is 441. The second-order valence-electron chi connectivity index (χ2n) is 3.87. The molecule has 0 amide bonds.